The van der Waals surface area contributed by atoms with Crippen LogP contribution in [0.1, 0.15) is 22.3 Å². The first-order valence-corrected chi connectivity index (χ1v) is 24.8. The number of terminal acetylenes is 4. The van der Waals surface area contributed by atoms with Gasteiger partial charge in [0.05, 0.1) is 22.1 Å². The van der Waals surface area contributed by atoms with E-state index in [1.807, 2.05) is 103 Å². The highest BCUT2D eigenvalue weighted by Crippen LogP contribution is 2.45. The Kier molecular flexibility index (Phi) is 11.0. The summed E-state index contributed by atoms with van der Waals surface area (Å²) in [4.78, 5) is 15.7. The normalized spacial score (nSPS) is 11.1. The molecule has 0 aliphatic heterocycles. The Morgan fingerprint density at radius 2 is 0.750 bits per heavy atom. The minimum absolute atomic E-state index is 0.522. The number of nitrogens with zero attached hydrogens (tertiary/aromatic N) is 5. The quantitative estimate of drug-likeness (QED) is 0.143. The van der Waals surface area contributed by atoms with Crippen molar-refractivity contribution < 1.29 is 0 Å². The van der Waals surface area contributed by atoms with Crippen molar-refractivity contribution in [3.05, 3.63) is 247 Å². The van der Waals surface area contributed by atoms with E-state index >= 15 is 0 Å². The Morgan fingerprint density at radius 1 is 0.316 bits per heavy atom. The maximum absolute atomic E-state index is 6.25. The second-order valence-electron chi connectivity index (χ2n) is 18.5. The summed E-state index contributed by atoms with van der Waals surface area (Å²) < 4.78 is 4.61. The summed E-state index contributed by atoms with van der Waals surface area (Å²) in [7, 11) is 0. The van der Waals surface area contributed by atoms with E-state index in [2.05, 4.69) is 154 Å². The van der Waals surface area contributed by atoms with Gasteiger partial charge in [-0.05, 0) is 87.0 Å². The third-order valence-corrected chi connectivity index (χ3v) is 14.3. The number of fused-ring (bicyclic) bond motifs is 7. The molecular weight excluding hydrogens is 923 g/mol. The first kappa shape index (κ1) is 45.0. The van der Waals surface area contributed by atoms with Crippen LogP contribution in [0, 0.1) is 49.4 Å². The molecule has 0 radical (unpaired) electrons. The lowest BCUT2D eigenvalue weighted by atomic mass is 9.83. The van der Waals surface area contributed by atoms with Gasteiger partial charge in [0.1, 0.15) is 0 Å². The maximum Gasteiger partial charge on any atom is 0.238 e. The molecule has 13 rings (SSSR count). The summed E-state index contributed by atoms with van der Waals surface area (Å²) >= 11 is 0. The first-order valence-electron chi connectivity index (χ1n) is 24.8. The maximum atomic E-state index is 6.25. The Balaban J connectivity index is 1.05. The van der Waals surface area contributed by atoms with E-state index < -0.39 is 0 Å². The Morgan fingerprint density at radius 3 is 1.30 bits per heavy atom. The predicted octanol–water partition coefficient (Wildman–Crippen LogP) is 16.0. The Bertz CT molecular complexity index is 4530. The van der Waals surface area contributed by atoms with Gasteiger partial charge in [-0.15, -0.1) is 25.7 Å². The highest BCUT2D eigenvalue weighted by molar-refractivity contribution is 6.23. The van der Waals surface area contributed by atoms with Crippen LogP contribution >= 0.6 is 0 Å². The molecule has 0 aliphatic rings. The molecule has 0 N–H and O–H groups in total. The lowest BCUT2D eigenvalue weighted by Crippen LogP contribution is -2.07. The van der Waals surface area contributed by atoms with Crippen molar-refractivity contribution in [2.75, 3.05) is 0 Å². The zero-order valence-corrected chi connectivity index (χ0v) is 40.9. The van der Waals surface area contributed by atoms with Gasteiger partial charge in [-0.25, -0.2) is 4.98 Å². The topological polar surface area (TPSA) is 48.5 Å². The largest absolute Gasteiger partial charge is 0.307 e. The van der Waals surface area contributed by atoms with Gasteiger partial charge in [-0.3, -0.25) is 4.57 Å². The van der Waals surface area contributed by atoms with Crippen molar-refractivity contribution in [3.63, 3.8) is 0 Å². The van der Waals surface area contributed by atoms with Gasteiger partial charge in [-0.2, -0.15) is 9.97 Å². The Hall–Kier alpha value is -11.0. The van der Waals surface area contributed by atoms with E-state index in [1.165, 1.54) is 0 Å². The van der Waals surface area contributed by atoms with Crippen LogP contribution in [0.5, 0.6) is 0 Å². The van der Waals surface area contributed by atoms with Crippen LogP contribution in [-0.4, -0.2) is 24.1 Å². The SMILES string of the molecule is C#Cc1cccc(-c2cccc(-c3cccc(C#C)c3C#C)c2-c2cccc(-c3cccc(-n4c5ccccc5c5ccc6c7ccccc7n(-c7nc(-c8ccccc8)nc(-c8ccccc8)n7)c6c54)c3)c2)c1C#C. The minimum atomic E-state index is 0.522. The second kappa shape index (κ2) is 18.6. The van der Waals surface area contributed by atoms with E-state index in [-0.39, 0.29) is 0 Å². The highest BCUT2D eigenvalue weighted by Gasteiger charge is 2.25. The number of aromatic nitrogens is 5. The zero-order valence-electron chi connectivity index (χ0n) is 40.9. The molecule has 0 spiro atoms. The summed E-state index contributed by atoms with van der Waals surface area (Å²) in [6, 6.07) is 77.1. The molecule has 350 valence electrons. The van der Waals surface area contributed by atoms with Gasteiger partial charge in [0.2, 0.25) is 5.95 Å². The van der Waals surface area contributed by atoms with Crippen LogP contribution in [0.4, 0.5) is 0 Å². The molecule has 76 heavy (non-hydrogen) atoms. The fraction of sp³-hybridized carbons (Fsp3) is 0. The molecule has 0 saturated heterocycles. The van der Waals surface area contributed by atoms with Gasteiger partial charge < -0.3 is 4.57 Å². The predicted molar refractivity (Wildman–Crippen MR) is 313 cm³/mol. The van der Waals surface area contributed by atoms with Crippen molar-refractivity contribution in [3.8, 4) is 128 Å². The van der Waals surface area contributed by atoms with Crippen molar-refractivity contribution >= 4 is 43.6 Å². The van der Waals surface area contributed by atoms with Crippen LogP contribution in [0.3, 0.4) is 0 Å². The van der Waals surface area contributed by atoms with Gasteiger partial charge in [0.15, 0.2) is 11.6 Å². The van der Waals surface area contributed by atoms with Crippen molar-refractivity contribution in [2.45, 2.75) is 0 Å². The minimum Gasteiger partial charge on any atom is -0.307 e. The fourth-order valence-corrected chi connectivity index (χ4v) is 11.0. The van der Waals surface area contributed by atoms with E-state index in [4.69, 9.17) is 40.6 Å². The van der Waals surface area contributed by atoms with Gasteiger partial charge >= 0.3 is 0 Å². The molecule has 0 aliphatic carbocycles. The molecule has 3 heterocycles. The molecule has 13 aromatic rings. The number of para-hydroxylation sites is 2. The number of hydrogen-bond donors (Lipinski definition) is 0. The third kappa shape index (κ3) is 7.32. The average Bonchev–Trinajstić information content (AvgIpc) is 4.07. The van der Waals surface area contributed by atoms with Crippen LogP contribution in [-0.2, 0) is 0 Å². The van der Waals surface area contributed by atoms with Crippen molar-refractivity contribution in [2.24, 2.45) is 0 Å². The molecule has 10 aromatic carbocycles. The molecule has 5 nitrogen and oxygen atoms in total. The second-order valence-corrected chi connectivity index (χ2v) is 18.5. The highest BCUT2D eigenvalue weighted by atomic mass is 15.2. The lowest BCUT2D eigenvalue weighted by Gasteiger charge is -2.20. The van der Waals surface area contributed by atoms with Crippen molar-refractivity contribution in [1.29, 1.82) is 0 Å². The molecule has 3 aromatic heterocycles. The number of rotatable bonds is 8. The van der Waals surface area contributed by atoms with Gasteiger partial charge in [-0.1, -0.05) is 206 Å². The summed E-state index contributed by atoms with van der Waals surface area (Å²) in [5.74, 6) is 13.1. The van der Waals surface area contributed by atoms with Gasteiger partial charge in [0, 0.05) is 60.6 Å². The summed E-state index contributed by atoms with van der Waals surface area (Å²) in [5, 5.41) is 4.39. The van der Waals surface area contributed by atoms with E-state index in [9.17, 15) is 0 Å². The third-order valence-electron chi connectivity index (χ3n) is 14.3. The molecule has 0 unspecified atom stereocenters. The monoisotopic (exact) mass is 963 g/mol. The van der Waals surface area contributed by atoms with Crippen LogP contribution in [0.2, 0.25) is 0 Å². The molecular formula is C71H41N5. The number of benzene rings is 10. The standard InChI is InChI=1S/C71H41N5/c1-5-46-28-21-36-56(54(46)7-3)60-38-23-39-61(57-37-22-29-47(6-2)55(57)8-4)66(60)52-32-19-30-50(44-52)51-31-20-33-53(45-51)75-64-40-17-15-34-58(64)62-42-43-63-59-35-16-18-41-65(59)76(68(63)67(62)75)71-73-69(48-24-11-9-12-25-48)72-70(74-71)49-26-13-10-14-27-49/h1-4,9-45H. The van der Waals surface area contributed by atoms with Crippen LogP contribution in [0.25, 0.3) is 123 Å². The molecule has 5 heteroatoms. The lowest BCUT2D eigenvalue weighted by molar-refractivity contribution is 0.953. The van der Waals surface area contributed by atoms with Crippen LogP contribution in [0.15, 0.2) is 224 Å². The van der Waals surface area contributed by atoms with E-state index in [0.717, 1.165) is 105 Å². The summed E-state index contributed by atoms with van der Waals surface area (Å²) in [6.45, 7) is 0. The first-order chi connectivity index (χ1) is 37.5. The van der Waals surface area contributed by atoms with Crippen LogP contribution < -0.4 is 0 Å². The smallest absolute Gasteiger partial charge is 0.238 e. The molecule has 0 fully saturated rings. The molecule has 0 saturated carbocycles. The summed E-state index contributed by atoms with van der Waals surface area (Å²) in [6.07, 6.45) is 24.6. The molecule has 0 amide bonds. The van der Waals surface area contributed by atoms with E-state index in [1.54, 1.807) is 0 Å². The Labute approximate surface area is 440 Å². The van der Waals surface area contributed by atoms with Gasteiger partial charge in [0.25, 0.3) is 0 Å². The fourth-order valence-electron chi connectivity index (χ4n) is 11.0. The number of hydrogen-bond acceptors (Lipinski definition) is 3. The summed E-state index contributed by atoms with van der Waals surface area (Å²) in [5.41, 5.74) is 16.9. The molecule has 0 atom stereocenters. The zero-order chi connectivity index (χ0) is 51.3. The van der Waals surface area contributed by atoms with E-state index in [0.29, 0.717) is 39.9 Å². The van der Waals surface area contributed by atoms with Crippen molar-refractivity contribution in [1.82, 2.24) is 24.1 Å². The average molecular weight is 964 g/mol. The molecule has 0 bridgehead atoms.